The summed E-state index contributed by atoms with van der Waals surface area (Å²) in [5, 5.41) is 9.63. The fraction of sp³-hybridized carbons (Fsp3) is 0.583. The number of aromatic nitrogens is 1. The molecule has 3 unspecified atom stereocenters. The van der Waals surface area contributed by atoms with Gasteiger partial charge in [0.1, 0.15) is 11.4 Å². The molecule has 0 bridgehead atoms. The van der Waals surface area contributed by atoms with E-state index >= 15 is 0 Å². The smallest absolute Gasteiger partial charge is 0.272 e. The molecule has 2 aliphatic heterocycles. The van der Waals surface area contributed by atoms with Crippen LogP contribution in [0.3, 0.4) is 0 Å². The Balaban J connectivity index is 1.52. The van der Waals surface area contributed by atoms with Gasteiger partial charge < -0.3 is 14.8 Å². The number of hydrogen-bond donors (Lipinski definition) is 2. The van der Waals surface area contributed by atoms with Crippen LogP contribution in [0.25, 0.3) is 10.2 Å². The molecule has 2 aromatic rings. The molecule has 0 spiro atoms. The minimum atomic E-state index is -0.567. The van der Waals surface area contributed by atoms with Crippen molar-refractivity contribution in [3.05, 3.63) is 35.0 Å². The zero-order valence-electron chi connectivity index (χ0n) is 18.8. The fourth-order valence-corrected chi connectivity index (χ4v) is 7.03. The lowest BCUT2D eigenvalue weighted by Crippen LogP contribution is -2.72. The number of amides is 1. The first-order valence-corrected chi connectivity index (χ1v) is 13.5. The van der Waals surface area contributed by atoms with Crippen molar-refractivity contribution in [3.8, 4) is 0 Å². The first kappa shape index (κ1) is 22.3. The number of fused-ring (bicyclic) bond motifs is 3. The molecule has 1 aliphatic carbocycles. The number of nitrogens with one attached hydrogen (secondary N) is 2. The van der Waals surface area contributed by atoms with Gasteiger partial charge in [-0.05, 0) is 50.2 Å². The number of aliphatic imine (C=N–C) groups is 1. The van der Waals surface area contributed by atoms with Crippen LogP contribution in [0, 0.1) is 0 Å². The second kappa shape index (κ2) is 9.38. The summed E-state index contributed by atoms with van der Waals surface area (Å²) in [5.74, 6) is 0.0859. The number of rotatable bonds is 6. The Bertz CT molecular complexity index is 1030. The summed E-state index contributed by atoms with van der Waals surface area (Å²) in [6, 6.07) is 4.68. The topological polar surface area (TPSA) is 61.7 Å². The van der Waals surface area contributed by atoms with Gasteiger partial charge >= 0.3 is 0 Å². The van der Waals surface area contributed by atoms with E-state index in [-0.39, 0.29) is 11.7 Å². The molecule has 172 valence electrons. The van der Waals surface area contributed by atoms with E-state index in [0.717, 1.165) is 29.7 Å². The summed E-state index contributed by atoms with van der Waals surface area (Å²) >= 11 is 1.70. The van der Waals surface area contributed by atoms with Crippen LogP contribution in [0.1, 0.15) is 61.9 Å². The van der Waals surface area contributed by atoms with Crippen molar-refractivity contribution < 1.29 is 4.79 Å². The SMILES string of the molecule is CNC1(C(P)NC2CCCCCC2)Cn2c(cc3sccc32)C(=O)N1CC1=CCCC=N1. The Labute approximate surface area is 196 Å². The van der Waals surface area contributed by atoms with E-state index in [2.05, 4.69) is 53.0 Å². The standard InChI is InChI=1S/C24H34N5OPS/c1-25-24(23(31)27-17-8-4-2-3-5-9-17)16-28-19-11-13-32-21(19)14-20(28)22(30)29(24)15-18-10-6-7-12-26-18/h10-14,17,23,25,27H,2-9,15-16,31H2,1H3. The zero-order chi connectivity index (χ0) is 22.1. The average molecular weight is 472 g/mol. The van der Waals surface area contributed by atoms with Gasteiger partial charge in [0.05, 0.1) is 34.8 Å². The lowest BCUT2D eigenvalue weighted by atomic mass is 10.0. The van der Waals surface area contributed by atoms with Gasteiger partial charge in [-0.25, -0.2) is 0 Å². The van der Waals surface area contributed by atoms with E-state index in [1.807, 2.05) is 18.2 Å². The normalized spacial score (nSPS) is 25.6. The molecule has 5 rings (SSSR count). The van der Waals surface area contributed by atoms with Crippen LogP contribution in [-0.4, -0.2) is 52.7 Å². The zero-order valence-corrected chi connectivity index (χ0v) is 20.8. The van der Waals surface area contributed by atoms with Gasteiger partial charge in [0.15, 0.2) is 0 Å². The van der Waals surface area contributed by atoms with E-state index in [1.165, 1.54) is 43.2 Å². The van der Waals surface area contributed by atoms with Crippen LogP contribution < -0.4 is 10.6 Å². The van der Waals surface area contributed by atoms with Crippen molar-refractivity contribution >= 4 is 42.9 Å². The predicted octanol–water partition coefficient (Wildman–Crippen LogP) is 4.34. The minimum Gasteiger partial charge on any atom is -0.332 e. The van der Waals surface area contributed by atoms with Crippen molar-refractivity contribution in [1.29, 1.82) is 0 Å². The third-order valence-corrected chi connectivity index (χ3v) is 8.94. The molecule has 2 N–H and O–H groups in total. The van der Waals surface area contributed by atoms with Crippen molar-refractivity contribution in [1.82, 2.24) is 20.1 Å². The van der Waals surface area contributed by atoms with Gasteiger partial charge in [0.2, 0.25) is 0 Å². The monoisotopic (exact) mass is 471 g/mol. The number of carbonyl (C=O) groups excluding carboxylic acids is 1. The molecule has 6 nitrogen and oxygen atoms in total. The van der Waals surface area contributed by atoms with Crippen molar-refractivity contribution in [3.63, 3.8) is 0 Å². The number of likely N-dealkylation sites (N-methyl/N-ethyl adjacent to an activating group) is 1. The highest BCUT2D eigenvalue weighted by Gasteiger charge is 2.49. The van der Waals surface area contributed by atoms with Crippen molar-refractivity contribution in [2.24, 2.45) is 4.99 Å². The van der Waals surface area contributed by atoms with Gasteiger partial charge in [-0.2, -0.15) is 0 Å². The third kappa shape index (κ3) is 3.98. The molecule has 2 aromatic heterocycles. The van der Waals surface area contributed by atoms with Gasteiger partial charge in [-0.3, -0.25) is 15.1 Å². The molecule has 1 amide bonds. The number of hydrogen-bond acceptors (Lipinski definition) is 5. The van der Waals surface area contributed by atoms with E-state index in [9.17, 15) is 4.79 Å². The predicted molar refractivity (Wildman–Crippen MR) is 137 cm³/mol. The molecular formula is C24H34N5OPS. The van der Waals surface area contributed by atoms with Gasteiger partial charge in [-0.15, -0.1) is 20.6 Å². The van der Waals surface area contributed by atoms with Crippen LogP contribution in [0.5, 0.6) is 0 Å². The average Bonchev–Trinajstić information content (AvgIpc) is 3.30. The number of thiophene rings is 1. The van der Waals surface area contributed by atoms with Crippen LogP contribution in [0.4, 0.5) is 0 Å². The summed E-state index contributed by atoms with van der Waals surface area (Å²) in [6.45, 7) is 1.22. The van der Waals surface area contributed by atoms with E-state index in [4.69, 9.17) is 0 Å². The van der Waals surface area contributed by atoms with Crippen LogP contribution in [0.15, 0.2) is 34.3 Å². The fourth-order valence-electron chi connectivity index (χ4n) is 5.48. The maximum atomic E-state index is 13.9. The Hall–Kier alpha value is -1.53. The second-order valence-electron chi connectivity index (χ2n) is 9.27. The first-order chi connectivity index (χ1) is 15.6. The van der Waals surface area contributed by atoms with E-state index in [1.54, 1.807) is 11.3 Å². The third-order valence-electron chi connectivity index (χ3n) is 7.34. The number of nitrogens with zero attached hydrogens (tertiary/aromatic N) is 3. The van der Waals surface area contributed by atoms with E-state index < -0.39 is 5.66 Å². The first-order valence-electron chi connectivity index (χ1n) is 11.9. The molecule has 0 saturated heterocycles. The quantitative estimate of drug-likeness (QED) is 0.487. The Kier molecular flexibility index (Phi) is 6.53. The Morgan fingerprint density at radius 2 is 2.09 bits per heavy atom. The maximum absolute atomic E-state index is 13.9. The lowest BCUT2D eigenvalue weighted by Gasteiger charge is -2.51. The van der Waals surface area contributed by atoms with Gasteiger partial charge in [0, 0.05) is 12.3 Å². The number of allylic oxidation sites excluding steroid dienone is 1. The highest BCUT2D eigenvalue weighted by atomic mass is 32.1. The summed E-state index contributed by atoms with van der Waals surface area (Å²) in [6.07, 6.45) is 13.8. The van der Waals surface area contributed by atoms with Crippen molar-refractivity contribution in [2.75, 3.05) is 13.6 Å². The molecule has 4 heterocycles. The summed E-state index contributed by atoms with van der Waals surface area (Å²) in [7, 11) is 5.02. The second-order valence-corrected chi connectivity index (χ2v) is 10.9. The Morgan fingerprint density at radius 3 is 2.81 bits per heavy atom. The Morgan fingerprint density at radius 1 is 1.28 bits per heavy atom. The molecule has 32 heavy (non-hydrogen) atoms. The molecule has 1 saturated carbocycles. The van der Waals surface area contributed by atoms with Gasteiger partial charge in [0.25, 0.3) is 5.91 Å². The minimum absolute atomic E-state index is 0.0111. The molecule has 1 fully saturated rings. The highest BCUT2D eigenvalue weighted by molar-refractivity contribution is 7.17. The van der Waals surface area contributed by atoms with E-state index in [0.29, 0.717) is 19.1 Å². The van der Waals surface area contributed by atoms with Gasteiger partial charge in [-0.1, -0.05) is 31.8 Å². The molecule has 8 heteroatoms. The molecule has 0 aromatic carbocycles. The molecule has 0 radical (unpaired) electrons. The molecular weight excluding hydrogens is 437 g/mol. The van der Waals surface area contributed by atoms with Crippen LogP contribution in [-0.2, 0) is 6.54 Å². The van der Waals surface area contributed by atoms with Crippen LogP contribution >= 0.6 is 20.6 Å². The summed E-state index contributed by atoms with van der Waals surface area (Å²) in [4.78, 5) is 20.6. The number of carbonyl (C=O) groups is 1. The maximum Gasteiger partial charge on any atom is 0.272 e. The summed E-state index contributed by atoms with van der Waals surface area (Å²) < 4.78 is 3.39. The lowest BCUT2D eigenvalue weighted by molar-refractivity contribution is 0.0171. The van der Waals surface area contributed by atoms with Crippen molar-refractivity contribution in [2.45, 2.75) is 75.4 Å². The highest BCUT2D eigenvalue weighted by Crippen LogP contribution is 2.37. The largest absolute Gasteiger partial charge is 0.332 e. The van der Waals surface area contributed by atoms with Crippen LogP contribution in [0.2, 0.25) is 0 Å². The molecule has 3 aliphatic rings. The summed E-state index contributed by atoms with van der Waals surface area (Å²) in [5.41, 5.74) is 2.35. The molecule has 3 atom stereocenters.